The molecule has 2 aromatic carbocycles. The van der Waals surface area contributed by atoms with Crippen LogP contribution in [0.3, 0.4) is 0 Å². The molecule has 0 aliphatic carbocycles. The molecule has 1 heterocycles. The van der Waals surface area contributed by atoms with Gasteiger partial charge in [0.15, 0.2) is 5.82 Å². The third kappa shape index (κ3) is 5.13. The fourth-order valence-corrected chi connectivity index (χ4v) is 3.17. The molecule has 1 amide bonds. The van der Waals surface area contributed by atoms with E-state index in [1.54, 1.807) is 7.11 Å². The van der Waals surface area contributed by atoms with Crippen molar-refractivity contribution >= 4 is 23.4 Å². The van der Waals surface area contributed by atoms with Crippen molar-refractivity contribution in [2.75, 3.05) is 18.2 Å². The molecule has 3 aromatic rings. The third-order valence-corrected chi connectivity index (χ3v) is 5.04. The highest BCUT2D eigenvalue weighted by Crippen LogP contribution is 2.24. The topological polar surface area (TPSA) is 79.9 Å². The van der Waals surface area contributed by atoms with Gasteiger partial charge in [-0.2, -0.15) is 0 Å². The number of nitrogens with zero attached hydrogens (tertiary/aromatic N) is 2. The number of benzene rings is 2. The monoisotopic (exact) mass is 396 g/mol. The molecule has 0 aliphatic heterocycles. The number of H-pyrrole nitrogens is 1. The van der Waals surface area contributed by atoms with Crippen LogP contribution in [0.5, 0.6) is 5.75 Å². The first-order chi connectivity index (χ1) is 13.3. The molecule has 0 aliphatic rings. The lowest BCUT2D eigenvalue weighted by atomic mass is 9.87. The van der Waals surface area contributed by atoms with Crippen molar-refractivity contribution in [2.45, 2.75) is 31.3 Å². The Kier molecular flexibility index (Phi) is 6.04. The first-order valence-corrected chi connectivity index (χ1v) is 9.94. The Morgan fingerprint density at radius 1 is 1.11 bits per heavy atom. The quantitative estimate of drug-likeness (QED) is 0.599. The van der Waals surface area contributed by atoms with E-state index in [9.17, 15) is 4.79 Å². The number of carbonyl (C=O) groups is 1. The maximum atomic E-state index is 12.2. The number of aromatic amines is 1. The molecule has 1 aromatic heterocycles. The second-order valence-corrected chi connectivity index (χ2v) is 8.30. The summed E-state index contributed by atoms with van der Waals surface area (Å²) in [6, 6.07) is 15.5. The number of hydrogen-bond donors (Lipinski definition) is 2. The average Bonchev–Trinajstić information content (AvgIpc) is 3.15. The minimum atomic E-state index is -0.0932. The summed E-state index contributed by atoms with van der Waals surface area (Å²) in [6.07, 6.45) is 0. The zero-order valence-corrected chi connectivity index (χ0v) is 17.3. The Bertz CT molecular complexity index is 928. The van der Waals surface area contributed by atoms with Gasteiger partial charge in [0.05, 0.1) is 12.9 Å². The van der Waals surface area contributed by atoms with Gasteiger partial charge in [0.1, 0.15) is 5.75 Å². The van der Waals surface area contributed by atoms with Crippen LogP contribution in [-0.2, 0) is 10.2 Å². The number of anilines is 1. The molecule has 0 radical (unpaired) electrons. The van der Waals surface area contributed by atoms with Crippen LogP contribution in [0.1, 0.15) is 26.3 Å². The molecule has 0 fully saturated rings. The van der Waals surface area contributed by atoms with Crippen molar-refractivity contribution in [3.05, 3.63) is 54.1 Å². The summed E-state index contributed by atoms with van der Waals surface area (Å²) in [6.45, 7) is 6.48. The van der Waals surface area contributed by atoms with Crippen LogP contribution in [0.15, 0.2) is 53.7 Å². The van der Waals surface area contributed by atoms with Crippen LogP contribution in [0.2, 0.25) is 0 Å². The smallest absolute Gasteiger partial charge is 0.234 e. The molecule has 6 nitrogen and oxygen atoms in total. The van der Waals surface area contributed by atoms with Crippen molar-refractivity contribution in [3.8, 4) is 17.1 Å². The highest BCUT2D eigenvalue weighted by Gasteiger charge is 2.14. The van der Waals surface area contributed by atoms with E-state index in [-0.39, 0.29) is 17.1 Å². The van der Waals surface area contributed by atoms with Gasteiger partial charge in [-0.3, -0.25) is 9.89 Å². The van der Waals surface area contributed by atoms with Gasteiger partial charge in [-0.05, 0) is 47.4 Å². The number of carbonyl (C=O) groups excluding carboxylic acids is 1. The molecule has 28 heavy (non-hydrogen) atoms. The first-order valence-electron chi connectivity index (χ1n) is 8.95. The van der Waals surface area contributed by atoms with Gasteiger partial charge < -0.3 is 10.1 Å². The maximum absolute atomic E-state index is 12.2. The van der Waals surface area contributed by atoms with Gasteiger partial charge in [-0.15, -0.1) is 5.10 Å². The number of amides is 1. The molecule has 2 N–H and O–H groups in total. The van der Waals surface area contributed by atoms with E-state index in [2.05, 4.69) is 41.3 Å². The summed E-state index contributed by atoms with van der Waals surface area (Å²) in [5.74, 6) is 1.58. The third-order valence-electron chi connectivity index (χ3n) is 4.20. The largest absolute Gasteiger partial charge is 0.497 e. The molecule has 7 heteroatoms. The van der Waals surface area contributed by atoms with Crippen molar-refractivity contribution < 1.29 is 9.53 Å². The van der Waals surface area contributed by atoms with Gasteiger partial charge in [0.2, 0.25) is 11.1 Å². The van der Waals surface area contributed by atoms with E-state index in [4.69, 9.17) is 4.74 Å². The number of rotatable bonds is 6. The first kappa shape index (κ1) is 19.9. The number of thioether (sulfide) groups is 1. The van der Waals surface area contributed by atoms with Crippen molar-refractivity contribution in [2.24, 2.45) is 0 Å². The number of hydrogen-bond acceptors (Lipinski definition) is 5. The minimum absolute atomic E-state index is 0.0889. The number of ether oxygens (including phenoxy) is 1. The van der Waals surface area contributed by atoms with E-state index >= 15 is 0 Å². The van der Waals surface area contributed by atoms with Gasteiger partial charge in [0, 0.05) is 11.3 Å². The van der Waals surface area contributed by atoms with Gasteiger partial charge in [-0.1, -0.05) is 44.7 Å². The Labute approximate surface area is 169 Å². The van der Waals surface area contributed by atoms with E-state index in [0.717, 1.165) is 17.0 Å². The van der Waals surface area contributed by atoms with Crippen LogP contribution in [0, 0.1) is 0 Å². The Balaban J connectivity index is 1.54. The zero-order valence-electron chi connectivity index (χ0n) is 16.4. The molecule has 0 saturated carbocycles. The molecule has 0 saturated heterocycles. The number of methoxy groups -OCH3 is 1. The molecule has 0 bridgehead atoms. The van der Waals surface area contributed by atoms with Gasteiger partial charge in [-0.25, -0.2) is 4.98 Å². The lowest BCUT2D eigenvalue weighted by Crippen LogP contribution is -2.15. The zero-order chi connectivity index (χ0) is 20.1. The predicted octanol–water partition coefficient (Wildman–Crippen LogP) is 4.51. The van der Waals surface area contributed by atoms with Crippen LogP contribution < -0.4 is 10.1 Å². The minimum Gasteiger partial charge on any atom is -0.497 e. The van der Waals surface area contributed by atoms with Crippen molar-refractivity contribution in [1.29, 1.82) is 0 Å². The molecular weight excluding hydrogens is 372 g/mol. The average molecular weight is 397 g/mol. The molecular formula is C21H24N4O2S. The second-order valence-electron chi connectivity index (χ2n) is 7.36. The van der Waals surface area contributed by atoms with Gasteiger partial charge >= 0.3 is 0 Å². The fraction of sp³-hybridized carbons (Fsp3) is 0.286. The number of nitrogens with one attached hydrogen (secondary N) is 2. The van der Waals surface area contributed by atoms with E-state index in [1.807, 2.05) is 48.5 Å². The Morgan fingerprint density at radius 3 is 2.39 bits per heavy atom. The lowest BCUT2D eigenvalue weighted by Gasteiger charge is -2.19. The maximum Gasteiger partial charge on any atom is 0.234 e. The molecule has 0 atom stereocenters. The summed E-state index contributed by atoms with van der Waals surface area (Å²) in [4.78, 5) is 16.6. The highest BCUT2D eigenvalue weighted by atomic mass is 32.2. The van der Waals surface area contributed by atoms with Crippen LogP contribution >= 0.6 is 11.8 Å². The molecule has 3 rings (SSSR count). The predicted molar refractivity (Wildman–Crippen MR) is 113 cm³/mol. The lowest BCUT2D eigenvalue weighted by molar-refractivity contribution is -0.113. The Hall–Kier alpha value is -2.80. The summed E-state index contributed by atoms with van der Waals surface area (Å²) in [5, 5.41) is 10.5. The molecule has 0 spiro atoms. The standard InChI is InChI=1S/C21H24N4O2S/c1-21(2,3)15-7-9-16(10-8-15)22-18(26)13-28-20-23-19(24-25-20)14-5-11-17(27-4)12-6-14/h5-12H,13H2,1-4H3,(H,22,26)(H,23,24,25). The van der Waals surface area contributed by atoms with E-state index in [1.165, 1.54) is 17.3 Å². The highest BCUT2D eigenvalue weighted by molar-refractivity contribution is 7.99. The van der Waals surface area contributed by atoms with Crippen LogP contribution in [0.25, 0.3) is 11.4 Å². The van der Waals surface area contributed by atoms with Gasteiger partial charge in [0.25, 0.3) is 0 Å². The van der Waals surface area contributed by atoms with Crippen molar-refractivity contribution in [3.63, 3.8) is 0 Å². The summed E-state index contributed by atoms with van der Waals surface area (Å²) in [7, 11) is 1.63. The molecule has 0 unspecified atom stereocenters. The fourth-order valence-electron chi connectivity index (χ4n) is 2.57. The second kappa shape index (κ2) is 8.48. The summed E-state index contributed by atoms with van der Waals surface area (Å²) in [5.41, 5.74) is 3.01. The summed E-state index contributed by atoms with van der Waals surface area (Å²) < 4.78 is 5.15. The normalized spacial score (nSPS) is 11.3. The van der Waals surface area contributed by atoms with E-state index < -0.39 is 0 Å². The van der Waals surface area contributed by atoms with Crippen LogP contribution in [0.4, 0.5) is 5.69 Å². The Morgan fingerprint density at radius 2 is 1.79 bits per heavy atom. The van der Waals surface area contributed by atoms with E-state index in [0.29, 0.717) is 11.0 Å². The molecule has 146 valence electrons. The van der Waals surface area contributed by atoms with Crippen LogP contribution in [-0.4, -0.2) is 34.0 Å². The SMILES string of the molecule is COc1ccc(-c2nc(SCC(=O)Nc3ccc(C(C)(C)C)cc3)n[nH]2)cc1. The summed E-state index contributed by atoms with van der Waals surface area (Å²) >= 11 is 1.29. The van der Waals surface area contributed by atoms with Crippen molar-refractivity contribution in [1.82, 2.24) is 15.2 Å². The number of aromatic nitrogens is 3.